The van der Waals surface area contributed by atoms with Gasteiger partial charge >= 0.3 is 0 Å². The van der Waals surface area contributed by atoms with E-state index >= 15 is 0 Å². The molecule has 1 aromatic rings. The summed E-state index contributed by atoms with van der Waals surface area (Å²) >= 11 is 0. The second kappa shape index (κ2) is 3.38. The van der Waals surface area contributed by atoms with Crippen molar-refractivity contribution in [1.82, 2.24) is 20.6 Å². The maximum Gasteiger partial charge on any atom is 0.209 e. The van der Waals surface area contributed by atoms with E-state index < -0.39 is 6.29 Å². The Kier molecular flexibility index (Phi) is 1.90. The van der Waals surface area contributed by atoms with Crippen LogP contribution in [0.5, 0.6) is 0 Å². The van der Waals surface area contributed by atoms with Crippen LogP contribution in [0, 0.1) is 0 Å². The summed E-state index contributed by atoms with van der Waals surface area (Å²) in [6.07, 6.45) is -0.740. The van der Waals surface area contributed by atoms with Gasteiger partial charge in [-0.25, -0.2) is 0 Å². The molecule has 11 heteroatoms. The third kappa shape index (κ3) is 1.82. The number of nitrogens with zero attached hydrogens (tertiary/aromatic N) is 10. The molecule has 1 aliphatic heterocycles. The number of hydrogen-bond donors (Lipinski definition) is 1. The van der Waals surface area contributed by atoms with Gasteiger partial charge in [-0.2, -0.15) is 5.21 Å². The highest BCUT2D eigenvalue weighted by Crippen LogP contribution is 2.13. The van der Waals surface area contributed by atoms with E-state index in [0.29, 0.717) is 0 Å². The average molecular weight is 180 g/mol. The molecule has 0 radical (unpaired) electrons. The first-order valence-electron chi connectivity index (χ1n) is 3.09. The van der Waals surface area contributed by atoms with Gasteiger partial charge in [-0.1, -0.05) is 5.21 Å². The van der Waals surface area contributed by atoms with Crippen LogP contribution in [0.4, 0.5) is 5.95 Å². The van der Waals surface area contributed by atoms with Crippen LogP contribution in [0.3, 0.4) is 0 Å². The van der Waals surface area contributed by atoms with Gasteiger partial charge in [-0.15, -0.1) is 20.4 Å². The molecule has 0 saturated heterocycles. The van der Waals surface area contributed by atoms with E-state index in [-0.39, 0.29) is 5.95 Å². The summed E-state index contributed by atoms with van der Waals surface area (Å²) in [6.45, 7) is 0. The molecular formula is C2H2N11-. The number of rotatable bonds is 3. The highest BCUT2D eigenvalue weighted by atomic mass is 15.6. The molecule has 0 fully saturated rings. The fourth-order valence-corrected chi connectivity index (χ4v) is 0.519. The fraction of sp³-hybridized carbons (Fsp3) is 0.500. The molecule has 1 aromatic heterocycles. The van der Waals surface area contributed by atoms with Crippen molar-refractivity contribution in [3.8, 4) is 0 Å². The minimum absolute atomic E-state index is 0.0793. The van der Waals surface area contributed by atoms with Gasteiger partial charge in [-0.3, -0.25) is 5.22 Å². The Bertz CT molecular complexity index is 319. The molecule has 0 amide bonds. The molecule has 1 aliphatic rings. The Morgan fingerprint density at radius 3 is 2.85 bits per heavy atom. The molecule has 0 aromatic carbocycles. The number of H-pyrrole nitrogens is 1. The smallest absolute Gasteiger partial charge is 0.209 e. The lowest BCUT2D eigenvalue weighted by atomic mass is 11.0. The Labute approximate surface area is 70.4 Å². The molecular weight excluding hydrogens is 178 g/mol. The lowest BCUT2D eigenvalue weighted by molar-refractivity contribution is 0.786. The van der Waals surface area contributed by atoms with Crippen molar-refractivity contribution >= 4 is 5.95 Å². The van der Waals surface area contributed by atoms with E-state index in [1.807, 2.05) is 0 Å². The molecule has 0 atom stereocenters. The van der Waals surface area contributed by atoms with Gasteiger partial charge < -0.3 is 10.5 Å². The van der Waals surface area contributed by atoms with Crippen molar-refractivity contribution in [1.29, 1.82) is 0 Å². The van der Waals surface area contributed by atoms with Crippen molar-refractivity contribution in [2.45, 2.75) is 6.29 Å². The SMILES string of the molecule is N1=NC([N-]/N=N/c2nn[nH]n2)N=N1. The predicted molar refractivity (Wildman–Crippen MR) is 35.6 cm³/mol. The summed E-state index contributed by atoms with van der Waals surface area (Å²) < 4.78 is 0. The van der Waals surface area contributed by atoms with Gasteiger partial charge in [0.25, 0.3) is 0 Å². The molecule has 0 bridgehead atoms. The van der Waals surface area contributed by atoms with Gasteiger partial charge in [0.1, 0.15) is 0 Å². The molecule has 13 heavy (non-hydrogen) atoms. The summed E-state index contributed by atoms with van der Waals surface area (Å²) in [4.78, 5) is 0. The van der Waals surface area contributed by atoms with Crippen LogP contribution >= 0.6 is 0 Å². The van der Waals surface area contributed by atoms with Crippen molar-refractivity contribution in [2.75, 3.05) is 0 Å². The average Bonchev–Trinajstić information content (AvgIpc) is 2.75. The van der Waals surface area contributed by atoms with Crippen LogP contribution in [0.25, 0.3) is 5.43 Å². The molecule has 0 aliphatic carbocycles. The zero-order chi connectivity index (χ0) is 8.93. The van der Waals surface area contributed by atoms with Crippen LogP contribution in [-0.2, 0) is 0 Å². The quantitative estimate of drug-likeness (QED) is 0.539. The van der Waals surface area contributed by atoms with Gasteiger partial charge in [0.2, 0.25) is 12.2 Å². The number of aromatic amines is 1. The number of hydrogen-bond acceptors (Lipinski definition) is 9. The lowest BCUT2D eigenvalue weighted by Gasteiger charge is -2.03. The van der Waals surface area contributed by atoms with Gasteiger partial charge in [-0.05, 0) is 10.4 Å². The highest BCUT2D eigenvalue weighted by Gasteiger charge is 2.00. The second-order valence-electron chi connectivity index (χ2n) is 1.77. The fourth-order valence-electron chi connectivity index (χ4n) is 0.519. The third-order valence-electron chi connectivity index (χ3n) is 0.973. The van der Waals surface area contributed by atoms with Gasteiger partial charge in [0, 0.05) is 0 Å². The maximum atomic E-state index is 3.51. The molecule has 0 saturated carbocycles. The Morgan fingerprint density at radius 2 is 2.15 bits per heavy atom. The van der Waals surface area contributed by atoms with Crippen LogP contribution < -0.4 is 0 Å². The molecule has 2 heterocycles. The summed E-state index contributed by atoms with van der Waals surface area (Å²) in [5.74, 6) is 0.0793. The molecule has 0 spiro atoms. The zero-order valence-corrected chi connectivity index (χ0v) is 6.05. The largest absolute Gasteiger partial charge is 0.332 e. The van der Waals surface area contributed by atoms with E-state index in [9.17, 15) is 0 Å². The van der Waals surface area contributed by atoms with E-state index in [4.69, 9.17) is 0 Å². The topological polar surface area (TPSA) is 143 Å². The number of nitrogens with one attached hydrogen (secondary N) is 1. The van der Waals surface area contributed by atoms with Crippen molar-refractivity contribution in [3.63, 3.8) is 0 Å². The Hall–Kier alpha value is -2.33. The third-order valence-corrected chi connectivity index (χ3v) is 0.973. The van der Waals surface area contributed by atoms with Crippen LogP contribution in [0.2, 0.25) is 0 Å². The molecule has 66 valence electrons. The molecule has 0 unspecified atom stereocenters. The van der Waals surface area contributed by atoms with E-state index in [0.717, 1.165) is 0 Å². The first-order valence-corrected chi connectivity index (χ1v) is 3.09. The van der Waals surface area contributed by atoms with Gasteiger partial charge in [0.05, 0.1) is 0 Å². The first kappa shape index (κ1) is 7.33. The Morgan fingerprint density at radius 1 is 1.31 bits per heavy atom. The zero-order valence-electron chi connectivity index (χ0n) is 6.05. The molecule has 1 N–H and O–H groups in total. The second-order valence-corrected chi connectivity index (χ2v) is 1.77. The standard InChI is InChI=1S/C2H2N11/c3(1-5-10-11-6-1)9-4-2-7-12-13-8-2/h1H,(H-,3,4,7,8,12,13)/q-1. The monoisotopic (exact) mass is 180 g/mol. The number of tetrazole rings is 1. The lowest BCUT2D eigenvalue weighted by Crippen LogP contribution is -1.89. The molecule has 11 nitrogen and oxygen atoms in total. The van der Waals surface area contributed by atoms with E-state index in [1.54, 1.807) is 0 Å². The summed E-state index contributed by atoms with van der Waals surface area (Å²) in [7, 11) is 0. The maximum absolute atomic E-state index is 3.51. The predicted octanol–water partition coefficient (Wildman–Crippen LogP) is 0.689. The van der Waals surface area contributed by atoms with Crippen LogP contribution in [0.15, 0.2) is 31.0 Å². The summed E-state index contributed by atoms with van der Waals surface area (Å²) in [5, 5.41) is 32.6. The highest BCUT2D eigenvalue weighted by molar-refractivity contribution is 5.04. The Balaban J connectivity index is 1.85. The summed E-state index contributed by atoms with van der Waals surface area (Å²) in [5.41, 5.74) is 3.51. The minimum Gasteiger partial charge on any atom is -0.332 e. The normalized spacial score (nSPS) is 16.0. The van der Waals surface area contributed by atoms with Crippen molar-refractivity contribution in [2.24, 2.45) is 31.0 Å². The van der Waals surface area contributed by atoms with E-state index in [2.05, 4.69) is 57.1 Å². The van der Waals surface area contributed by atoms with Gasteiger partial charge in [0.15, 0.2) is 0 Å². The molecule has 2 rings (SSSR count). The van der Waals surface area contributed by atoms with E-state index in [1.165, 1.54) is 0 Å². The van der Waals surface area contributed by atoms with Crippen molar-refractivity contribution in [3.05, 3.63) is 5.43 Å². The first-order chi connectivity index (χ1) is 6.45. The van der Waals surface area contributed by atoms with Crippen molar-refractivity contribution < 1.29 is 0 Å². The summed E-state index contributed by atoms with van der Waals surface area (Å²) in [6, 6.07) is 0. The number of aromatic nitrogens is 4. The van der Waals surface area contributed by atoms with Crippen LogP contribution in [-0.4, -0.2) is 26.9 Å². The minimum atomic E-state index is -0.740. The van der Waals surface area contributed by atoms with Crippen LogP contribution in [0.1, 0.15) is 0 Å².